The van der Waals surface area contributed by atoms with Crippen LogP contribution in [0.15, 0.2) is 24.3 Å². The van der Waals surface area contributed by atoms with Crippen molar-refractivity contribution in [3.63, 3.8) is 0 Å². The van der Waals surface area contributed by atoms with Gasteiger partial charge in [0.15, 0.2) is 0 Å². The fourth-order valence-corrected chi connectivity index (χ4v) is 2.80. The van der Waals surface area contributed by atoms with E-state index in [1.54, 1.807) is 0 Å². The summed E-state index contributed by atoms with van der Waals surface area (Å²) in [4.78, 5) is 17.0. The molecule has 0 saturated carbocycles. The molecule has 2 rings (SSSR count). The van der Waals surface area contributed by atoms with Gasteiger partial charge in [0.25, 0.3) is 5.91 Å². The Bertz CT molecular complexity index is 450. The molecular formula is C18H29N3O. The van der Waals surface area contributed by atoms with Gasteiger partial charge in [0.1, 0.15) is 0 Å². The molecule has 1 fully saturated rings. The molecule has 22 heavy (non-hydrogen) atoms. The molecule has 0 spiro atoms. The first-order valence-corrected chi connectivity index (χ1v) is 8.48. The van der Waals surface area contributed by atoms with E-state index in [-0.39, 0.29) is 5.91 Å². The van der Waals surface area contributed by atoms with E-state index in [9.17, 15) is 4.79 Å². The summed E-state index contributed by atoms with van der Waals surface area (Å²) in [5.41, 5.74) is 1.93. The van der Waals surface area contributed by atoms with E-state index in [0.717, 1.165) is 31.5 Å². The minimum atomic E-state index is 0.0385. The van der Waals surface area contributed by atoms with Crippen molar-refractivity contribution in [1.82, 2.24) is 15.1 Å². The van der Waals surface area contributed by atoms with Crippen LogP contribution < -0.4 is 5.32 Å². The van der Waals surface area contributed by atoms with Crippen LogP contribution in [0.25, 0.3) is 0 Å². The number of unbranched alkanes of at least 4 members (excludes halogenated alkanes) is 1. The Labute approximate surface area is 134 Å². The van der Waals surface area contributed by atoms with Crippen LogP contribution in [0.2, 0.25) is 0 Å². The van der Waals surface area contributed by atoms with Crippen LogP contribution in [0.4, 0.5) is 0 Å². The smallest absolute Gasteiger partial charge is 0.251 e. The molecule has 122 valence electrons. The SMILES string of the molecule is CCN1CCN(CCCCNC(=O)c2ccc(C)cc2)CC1. The second-order valence-electron chi connectivity index (χ2n) is 6.10. The van der Waals surface area contributed by atoms with E-state index < -0.39 is 0 Å². The van der Waals surface area contributed by atoms with Gasteiger partial charge in [0, 0.05) is 38.3 Å². The number of nitrogens with one attached hydrogen (secondary N) is 1. The molecule has 1 amide bonds. The normalized spacial score (nSPS) is 16.6. The number of piperazine rings is 1. The minimum absolute atomic E-state index is 0.0385. The molecule has 0 aromatic heterocycles. The molecule has 1 heterocycles. The summed E-state index contributed by atoms with van der Waals surface area (Å²) >= 11 is 0. The Morgan fingerprint density at radius 2 is 1.68 bits per heavy atom. The van der Waals surface area contributed by atoms with Crippen molar-refractivity contribution in [2.75, 3.05) is 45.8 Å². The number of aryl methyl sites for hydroxylation is 1. The van der Waals surface area contributed by atoms with Crippen LogP contribution in [0.3, 0.4) is 0 Å². The average Bonchev–Trinajstić information content (AvgIpc) is 2.55. The zero-order valence-electron chi connectivity index (χ0n) is 14.0. The highest BCUT2D eigenvalue weighted by Crippen LogP contribution is 2.04. The quantitative estimate of drug-likeness (QED) is 0.784. The first kappa shape index (κ1) is 17.0. The summed E-state index contributed by atoms with van der Waals surface area (Å²) in [6.45, 7) is 12.1. The third-order valence-corrected chi connectivity index (χ3v) is 4.41. The standard InChI is InChI=1S/C18H29N3O/c1-3-20-12-14-21(15-13-20)11-5-4-10-19-18(22)17-8-6-16(2)7-9-17/h6-9H,3-5,10-15H2,1-2H3,(H,19,22). The van der Waals surface area contributed by atoms with Crippen LogP contribution in [-0.4, -0.2) is 61.5 Å². The van der Waals surface area contributed by atoms with Crippen LogP contribution in [0.1, 0.15) is 35.7 Å². The lowest BCUT2D eigenvalue weighted by Crippen LogP contribution is -2.46. The maximum atomic E-state index is 12.0. The third kappa shape index (κ3) is 5.43. The number of amides is 1. The fraction of sp³-hybridized carbons (Fsp3) is 0.611. The monoisotopic (exact) mass is 303 g/mol. The molecule has 4 nitrogen and oxygen atoms in total. The lowest BCUT2D eigenvalue weighted by molar-refractivity contribution is 0.0951. The number of carbonyl (C=O) groups is 1. The Morgan fingerprint density at radius 3 is 2.32 bits per heavy atom. The maximum absolute atomic E-state index is 12.0. The summed E-state index contributed by atoms with van der Waals surface area (Å²) in [7, 11) is 0. The zero-order chi connectivity index (χ0) is 15.8. The molecule has 0 aliphatic carbocycles. The van der Waals surface area contributed by atoms with E-state index in [1.165, 1.54) is 38.3 Å². The number of carbonyl (C=O) groups excluding carboxylic acids is 1. The molecular weight excluding hydrogens is 274 g/mol. The Hall–Kier alpha value is -1.39. The molecule has 0 bridgehead atoms. The lowest BCUT2D eigenvalue weighted by atomic mass is 10.1. The minimum Gasteiger partial charge on any atom is -0.352 e. The molecule has 0 unspecified atom stereocenters. The predicted molar refractivity (Wildman–Crippen MR) is 91.3 cm³/mol. The van der Waals surface area contributed by atoms with Crippen molar-refractivity contribution in [2.24, 2.45) is 0 Å². The summed E-state index contributed by atoms with van der Waals surface area (Å²) in [6.07, 6.45) is 2.20. The molecule has 1 aromatic carbocycles. The van der Waals surface area contributed by atoms with Gasteiger partial charge in [-0.05, 0) is 45.0 Å². The van der Waals surface area contributed by atoms with Gasteiger partial charge in [0.2, 0.25) is 0 Å². The Kier molecular flexibility index (Phi) is 6.87. The number of hydrogen-bond acceptors (Lipinski definition) is 3. The van der Waals surface area contributed by atoms with E-state index in [4.69, 9.17) is 0 Å². The van der Waals surface area contributed by atoms with Gasteiger partial charge < -0.3 is 15.1 Å². The fourth-order valence-electron chi connectivity index (χ4n) is 2.80. The second-order valence-corrected chi connectivity index (χ2v) is 6.10. The second kappa shape index (κ2) is 8.91. The highest BCUT2D eigenvalue weighted by Gasteiger charge is 2.14. The highest BCUT2D eigenvalue weighted by molar-refractivity contribution is 5.94. The molecule has 1 aliphatic heterocycles. The van der Waals surface area contributed by atoms with Crippen molar-refractivity contribution < 1.29 is 4.79 Å². The first-order valence-electron chi connectivity index (χ1n) is 8.48. The molecule has 1 N–H and O–H groups in total. The highest BCUT2D eigenvalue weighted by atomic mass is 16.1. The Morgan fingerprint density at radius 1 is 1.05 bits per heavy atom. The summed E-state index contributed by atoms with van der Waals surface area (Å²) < 4.78 is 0. The van der Waals surface area contributed by atoms with Crippen LogP contribution in [0, 0.1) is 6.92 Å². The van der Waals surface area contributed by atoms with Crippen LogP contribution in [0.5, 0.6) is 0 Å². The largest absolute Gasteiger partial charge is 0.352 e. The van der Waals surface area contributed by atoms with E-state index >= 15 is 0 Å². The van der Waals surface area contributed by atoms with Gasteiger partial charge in [0.05, 0.1) is 0 Å². The molecule has 0 atom stereocenters. The maximum Gasteiger partial charge on any atom is 0.251 e. The molecule has 1 aliphatic rings. The topological polar surface area (TPSA) is 35.6 Å². The van der Waals surface area contributed by atoms with Crippen molar-refractivity contribution in [2.45, 2.75) is 26.7 Å². The third-order valence-electron chi connectivity index (χ3n) is 4.41. The van der Waals surface area contributed by atoms with Crippen LogP contribution >= 0.6 is 0 Å². The predicted octanol–water partition coefficient (Wildman–Crippen LogP) is 2.14. The van der Waals surface area contributed by atoms with Crippen LogP contribution in [-0.2, 0) is 0 Å². The van der Waals surface area contributed by atoms with Crippen molar-refractivity contribution in [3.05, 3.63) is 35.4 Å². The molecule has 1 aromatic rings. The van der Waals surface area contributed by atoms with E-state index in [0.29, 0.717) is 0 Å². The van der Waals surface area contributed by atoms with Gasteiger partial charge in [-0.15, -0.1) is 0 Å². The Balaban J connectivity index is 1.56. The summed E-state index contributed by atoms with van der Waals surface area (Å²) in [6, 6.07) is 7.73. The number of likely N-dealkylation sites (N-methyl/N-ethyl adjacent to an activating group) is 1. The van der Waals surface area contributed by atoms with Crippen molar-refractivity contribution >= 4 is 5.91 Å². The summed E-state index contributed by atoms with van der Waals surface area (Å²) in [5, 5.41) is 3.01. The number of rotatable bonds is 7. The van der Waals surface area contributed by atoms with E-state index in [2.05, 4.69) is 22.0 Å². The number of nitrogens with zero attached hydrogens (tertiary/aromatic N) is 2. The molecule has 4 heteroatoms. The van der Waals surface area contributed by atoms with Gasteiger partial charge in [-0.25, -0.2) is 0 Å². The zero-order valence-corrected chi connectivity index (χ0v) is 14.0. The van der Waals surface area contributed by atoms with Crippen molar-refractivity contribution in [1.29, 1.82) is 0 Å². The van der Waals surface area contributed by atoms with Gasteiger partial charge in [-0.2, -0.15) is 0 Å². The number of hydrogen-bond donors (Lipinski definition) is 1. The average molecular weight is 303 g/mol. The van der Waals surface area contributed by atoms with Gasteiger partial charge in [-0.1, -0.05) is 24.6 Å². The molecule has 0 radical (unpaired) electrons. The van der Waals surface area contributed by atoms with Crippen molar-refractivity contribution in [3.8, 4) is 0 Å². The van der Waals surface area contributed by atoms with E-state index in [1.807, 2.05) is 31.2 Å². The summed E-state index contributed by atoms with van der Waals surface area (Å²) in [5.74, 6) is 0.0385. The number of benzene rings is 1. The first-order chi connectivity index (χ1) is 10.7. The van der Waals surface area contributed by atoms with Gasteiger partial charge in [-0.3, -0.25) is 4.79 Å². The molecule has 1 saturated heterocycles. The van der Waals surface area contributed by atoms with Gasteiger partial charge >= 0.3 is 0 Å². The lowest BCUT2D eigenvalue weighted by Gasteiger charge is -2.33.